The number of hydrogen-bond acceptors (Lipinski definition) is 3. The van der Waals surface area contributed by atoms with Crippen LogP contribution < -0.4 is 0 Å². The molecule has 0 aliphatic carbocycles. The first-order chi connectivity index (χ1) is 8.38. The predicted molar refractivity (Wildman–Crippen MR) is 66.2 cm³/mol. The molecule has 0 unspecified atom stereocenters. The molecule has 17 heavy (non-hydrogen) atoms. The van der Waals surface area contributed by atoms with Gasteiger partial charge in [0.1, 0.15) is 0 Å². The standard InChI is InChI=1S/C12H9ClN4/c13-5-10-7-15-12(8-14-10)17-11-4-2-1-3-9(11)6-16-17/h1-4,6-8H,5H2. The Morgan fingerprint density at radius 1 is 1.06 bits per heavy atom. The van der Waals surface area contributed by atoms with Crippen molar-refractivity contribution in [2.45, 2.75) is 5.88 Å². The van der Waals surface area contributed by atoms with E-state index in [0.29, 0.717) is 11.7 Å². The van der Waals surface area contributed by atoms with Gasteiger partial charge in [0.15, 0.2) is 5.82 Å². The van der Waals surface area contributed by atoms with Crippen molar-refractivity contribution in [1.82, 2.24) is 19.7 Å². The van der Waals surface area contributed by atoms with Crippen LogP contribution in [-0.4, -0.2) is 19.7 Å². The van der Waals surface area contributed by atoms with E-state index in [0.717, 1.165) is 16.6 Å². The fourth-order valence-electron chi connectivity index (χ4n) is 1.68. The van der Waals surface area contributed by atoms with Crippen molar-refractivity contribution in [3.05, 3.63) is 48.5 Å². The quantitative estimate of drug-likeness (QED) is 0.651. The molecule has 84 valence electrons. The Labute approximate surface area is 103 Å². The highest BCUT2D eigenvalue weighted by molar-refractivity contribution is 6.16. The summed E-state index contributed by atoms with van der Waals surface area (Å²) in [4.78, 5) is 8.50. The molecule has 0 amide bonds. The number of benzene rings is 1. The van der Waals surface area contributed by atoms with Crippen LogP contribution in [0.5, 0.6) is 0 Å². The molecular weight excluding hydrogens is 236 g/mol. The van der Waals surface area contributed by atoms with E-state index >= 15 is 0 Å². The molecule has 0 saturated carbocycles. The number of para-hydroxylation sites is 1. The number of alkyl halides is 1. The summed E-state index contributed by atoms with van der Waals surface area (Å²) in [5.41, 5.74) is 1.77. The van der Waals surface area contributed by atoms with Crippen LogP contribution in [0.1, 0.15) is 5.69 Å². The second kappa shape index (κ2) is 4.14. The lowest BCUT2D eigenvalue weighted by atomic mass is 10.3. The van der Waals surface area contributed by atoms with E-state index in [-0.39, 0.29) is 0 Å². The van der Waals surface area contributed by atoms with Gasteiger partial charge in [-0.05, 0) is 6.07 Å². The zero-order valence-electron chi connectivity index (χ0n) is 8.92. The first-order valence-corrected chi connectivity index (χ1v) is 5.72. The minimum atomic E-state index is 0.368. The summed E-state index contributed by atoms with van der Waals surface area (Å²) in [7, 11) is 0. The summed E-state index contributed by atoms with van der Waals surface area (Å²) in [5.74, 6) is 1.06. The molecule has 0 atom stereocenters. The summed E-state index contributed by atoms with van der Waals surface area (Å²) in [6, 6.07) is 7.97. The lowest BCUT2D eigenvalue weighted by molar-refractivity contribution is 0.858. The van der Waals surface area contributed by atoms with Gasteiger partial charge in [-0.2, -0.15) is 5.10 Å². The van der Waals surface area contributed by atoms with Crippen molar-refractivity contribution in [2.75, 3.05) is 0 Å². The van der Waals surface area contributed by atoms with Crippen LogP contribution >= 0.6 is 11.6 Å². The maximum atomic E-state index is 5.67. The summed E-state index contributed by atoms with van der Waals surface area (Å²) < 4.78 is 1.76. The Hall–Kier alpha value is -1.94. The molecule has 0 aliphatic heterocycles. The summed E-state index contributed by atoms with van der Waals surface area (Å²) >= 11 is 5.67. The SMILES string of the molecule is ClCc1cnc(-n2ncc3ccccc32)cn1. The van der Waals surface area contributed by atoms with E-state index < -0.39 is 0 Å². The minimum absolute atomic E-state index is 0.368. The maximum Gasteiger partial charge on any atom is 0.172 e. The molecule has 0 spiro atoms. The van der Waals surface area contributed by atoms with E-state index in [1.807, 2.05) is 30.5 Å². The van der Waals surface area contributed by atoms with Crippen LogP contribution in [0.2, 0.25) is 0 Å². The first kappa shape index (κ1) is 10.2. The average Bonchev–Trinajstić information content (AvgIpc) is 2.83. The highest BCUT2D eigenvalue weighted by Gasteiger charge is 2.05. The van der Waals surface area contributed by atoms with Gasteiger partial charge < -0.3 is 0 Å². The summed E-state index contributed by atoms with van der Waals surface area (Å²) in [6.07, 6.45) is 5.16. The van der Waals surface area contributed by atoms with Gasteiger partial charge in [-0.25, -0.2) is 9.67 Å². The zero-order chi connectivity index (χ0) is 11.7. The Kier molecular flexibility index (Phi) is 2.49. The van der Waals surface area contributed by atoms with E-state index in [1.165, 1.54) is 0 Å². The minimum Gasteiger partial charge on any atom is -0.254 e. The molecule has 3 aromatic rings. The Balaban J connectivity index is 2.13. The van der Waals surface area contributed by atoms with Crippen molar-refractivity contribution in [3.63, 3.8) is 0 Å². The second-order valence-electron chi connectivity index (χ2n) is 3.61. The van der Waals surface area contributed by atoms with Crippen molar-refractivity contribution >= 4 is 22.5 Å². The Morgan fingerprint density at radius 2 is 1.94 bits per heavy atom. The molecule has 4 nitrogen and oxygen atoms in total. The van der Waals surface area contributed by atoms with E-state index in [4.69, 9.17) is 11.6 Å². The molecule has 5 heteroatoms. The van der Waals surface area contributed by atoms with Crippen molar-refractivity contribution in [1.29, 1.82) is 0 Å². The average molecular weight is 245 g/mol. The molecule has 2 heterocycles. The fourth-order valence-corrected chi connectivity index (χ4v) is 1.82. The number of nitrogens with zero attached hydrogens (tertiary/aromatic N) is 4. The van der Waals surface area contributed by atoms with Gasteiger partial charge in [0, 0.05) is 5.39 Å². The zero-order valence-corrected chi connectivity index (χ0v) is 9.67. The van der Waals surface area contributed by atoms with Gasteiger partial charge >= 0.3 is 0 Å². The third-order valence-electron chi connectivity index (χ3n) is 2.52. The molecule has 0 radical (unpaired) electrons. The molecule has 0 bridgehead atoms. The fraction of sp³-hybridized carbons (Fsp3) is 0.0833. The smallest absolute Gasteiger partial charge is 0.172 e. The number of hydrogen-bond donors (Lipinski definition) is 0. The Morgan fingerprint density at radius 3 is 2.71 bits per heavy atom. The van der Waals surface area contributed by atoms with Gasteiger partial charge in [0.25, 0.3) is 0 Å². The maximum absolute atomic E-state index is 5.67. The second-order valence-corrected chi connectivity index (χ2v) is 3.88. The third kappa shape index (κ3) is 1.76. The lowest BCUT2D eigenvalue weighted by Crippen LogP contribution is -2.01. The highest BCUT2D eigenvalue weighted by atomic mass is 35.5. The molecule has 0 N–H and O–H groups in total. The van der Waals surface area contributed by atoms with Crippen molar-refractivity contribution < 1.29 is 0 Å². The molecule has 0 fully saturated rings. The van der Waals surface area contributed by atoms with Gasteiger partial charge in [0.05, 0.1) is 35.7 Å². The van der Waals surface area contributed by atoms with E-state index in [1.54, 1.807) is 17.1 Å². The van der Waals surface area contributed by atoms with Gasteiger partial charge in [-0.15, -0.1) is 11.6 Å². The summed E-state index contributed by atoms with van der Waals surface area (Å²) in [6.45, 7) is 0. The van der Waals surface area contributed by atoms with E-state index in [2.05, 4.69) is 15.1 Å². The number of fused-ring (bicyclic) bond motifs is 1. The number of rotatable bonds is 2. The number of halogens is 1. The van der Waals surface area contributed by atoms with Crippen molar-refractivity contribution in [2.24, 2.45) is 0 Å². The molecule has 2 aromatic heterocycles. The van der Waals surface area contributed by atoms with Gasteiger partial charge in [0.2, 0.25) is 0 Å². The van der Waals surface area contributed by atoms with E-state index in [9.17, 15) is 0 Å². The molecular formula is C12H9ClN4. The van der Waals surface area contributed by atoms with Crippen LogP contribution in [0.25, 0.3) is 16.7 Å². The first-order valence-electron chi connectivity index (χ1n) is 5.18. The van der Waals surface area contributed by atoms with Crippen LogP contribution in [0.3, 0.4) is 0 Å². The Bertz CT molecular complexity index is 645. The molecule has 0 aliphatic rings. The van der Waals surface area contributed by atoms with Crippen molar-refractivity contribution in [3.8, 4) is 5.82 Å². The van der Waals surface area contributed by atoms with Crippen LogP contribution in [0.15, 0.2) is 42.9 Å². The van der Waals surface area contributed by atoms with Crippen LogP contribution in [0.4, 0.5) is 0 Å². The number of aromatic nitrogens is 4. The molecule has 3 rings (SSSR count). The summed E-state index contributed by atoms with van der Waals surface area (Å²) in [5, 5.41) is 5.38. The van der Waals surface area contributed by atoms with Gasteiger partial charge in [-0.3, -0.25) is 4.98 Å². The van der Waals surface area contributed by atoms with Crippen LogP contribution in [0, 0.1) is 0 Å². The highest BCUT2D eigenvalue weighted by Crippen LogP contribution is 2.15. The topological polar surface area (TPSA) is 43.6 Å². The molecule has 0 saturated heterocycles. The third-order valence-corrected chi connectivity index (χ3v) is 2.80. The largest absolute Gasteiger partial charge is 0.254 e. The molecule has 1 aromatic carbocycles. The van der Waals surface area contributed by atoms with Gasteiger partial charge in [-0.1, -0.05) is 18.2 Å². The lowest BCUT2D eigenvalue weighted by Gasteiger charge is -2.02. The van der Waals surface area contributed by atoms with Crippen LogP contribution in [-0.2, 0) is 5.88 Å². The predicted octanol–water partition coefficient (Wildman–Crippen LogP) is 2.55. The monoisotopic (exact) mass is 244 g/mol. The normalized spacial score (nSPS) is 10.9.